The van der Waals surface area contributed by atoms with Crippen LogP contribution in [0.1, 0.15) is 181 Å². The normalized spacial score (nSPS) is 13.6. The maximum absolute atomic E-state index is 7.22. The molecule has 0 aliphatic carbocycles. The number of pyridine rings is 1. The third-order valence-corrected chi connectivity index (χ3v) is 16.6. The van der Waals surface area contributed by atoms with Gasteiger partial charge in [-0.15, -0.1) is 0 Å². The fourth-order valence-corrected chi connectivity index (χ4v) is 11.5. The molecule has 0 saturated heterocycles. The average Bonchev–Trinajstić information content (AvgIpc) is 4.01. The lowest BCUT2D eigenvalue weighted by Crippen LogP contribution is -2.26. The van der Waals surface area contributed by atoms with Gasteiger partial charge in [0.15, 0.2) is 0 Å². The number of hydrogen-bond acceptors (Lipinski definition) is 4. The molecule has 0 saturated carbocycles. The summed E-state index contributed by atoms with van der Waals surface area (Å²) in [7, 11) is 0. The first-order valence-corrected chi connectivity index (χ1v) is 28.5. The average molecular weight is 1030 g/mol. The van der Waals surface area contributed by atoms with Gasteiger partial charge in [0.1, 0.15) is 24.0 Å². The van der Waals surface area contributed by atoms with E-state index in [9.17, 15) is 0 Å². The summed E-state index contributed by atoms with van der Waals surface area (Å²) in [6, 6.07) is 57.2. The molecular formula is C73H84N4O. The topological polar surface area (TPSA) is 33.5 Å². The smallest absolute Gasteiger partial charge is 0.137 e. The molecule has 0 fully saturated rings. The monoisotopic (exact) mass is 1030 g/mol. The third kappa shape index (κ3) is 10.3. The van der Waals surface area contributed by atoms with Crippen molar-refractivity contribution in [2.75, 3.05) is 16.5 Å². The van der Waals surface area contributed by atoms with E-state index in [-0.39, 0.29) is 27.1 Å². The molecule has 1 aliphatic rings. The van der Waals surface area contributed by atoms with Gasteiger partial charge in [0.05, 0.1) is 22.4 Å². The van der Waals surface area contributed by atoms with Crippen molar-refractivity contribution in [2.45, 2.75) is 164 Å². The minimum Gasteiger partial charge on any atom is -0.457 e. The van der Waals surface area contributed by atoms with Crippen LogP contribution in [0.2, 0.25) is 0 Å². The Hall–Kier alpha value is -7.11. The second-order valence-electron chi connectivity index (χ2n) is 27.5. The highest BCUT2D eigenvalue weighted by Gasteiger charge is 2.34. The molecule has 5 heteroatoms. The molecule has 0 spiro atoms. The standard InChI is InChI=1S/C73H84N4O/c1-46(2)59-25-22-26-60(47(3)4)68(59)48-27-31-64-66(35-48)76(45-75(64)55-37-52(71(11,12)13)36-54(39-55)73(17,18)49-23-20-19-21-24-49)56-38-53(72(14,15)16)40-58(43-56)78-57-29-30-61-62-41-50(69(5,6)7)28-32-63(62)77(65(61)44-57)67-42-51(33-34-74-67)70(8,9)10/h19-44,46-47H,45H2,1-18H3. The van der Waals surface area contributed by atoms with Crippen LogP contribution in [0.15, 0.2) is 158 Å². The van der Waals surface area contributed by atoms with Crippen molar-refractivity contribution in [3.63, 3.8) is 0 Å². The molecule has 402 valence electrons. The summed E-state index contributed by atoms with van der Waals surface area (Å²) in [6.07, 6.45) is 1.95. The molecule has 10 rings (SSSR count). The highest BCUT2D eigenvalue weighted by molar-refractivity contribution is 6.10. The summed E-state index contributed by atoms with van der Waals surface area (Å²) < 4.78 is 9.54. The van der Waals surface area contributed by atoms with Gasteiger partial charge < -0.3 is 14.5 Å². The van der Waals surface area contributed by atoms with E-state index in [2.05, 4.69) is 291 Å². The van der Waals surface area contributed by atoms with Crippen molar-refractivity contribution in [3.05, 3.63) is 202 Å². The van der Waals surface area contributed by atoms with E-state index in [0.29, 0.717) is 18.5 Å². The van der Waals surface area contributed by atoms with Gasteiger partial charge in [-0.1, -0.05) is 191 Å². The first kappa shape index (κ1) is 54.3. The first-order chi connectivity index (χ1) is 36.6. The quantitative estimate of drug-likeness (QED) is 0.137. The van der Waals surface area contributed by atoms with E-state index < -0.39 is 0 Å². The maximum Gasteiger partial charge on any atom is 0.137 e. The molecular weight excluding hydrogens is 949 g/mol. The van der Waals surface area contributed by atoms with E-state index >= 15 is 0 Å². The lowest BCUT2D eigenvalue weighted by molar-refractivity contribution is 0.479. The molecule has 0 N–H and O–H groups in total. The van der Waals surface area contributed by atoms with Gasteiger partial charge >= 0.3 is 0 Å². The zero-order valence-electron chi connectivity index (χ0n) is 50.1. The summed E-state index contributed by atoms with van der Waals surface area (Å²) in [4.78, 5) is 10.1. The molecule has 0 radical (unpaired) electrons. The van der Waals surface area contributed by atoms with E-state index in [1.54, 1.807) is 0 Å². The molecule has 78 heavy (non-hydrogen) atoms. The largest absolute Gasteiger partial charge is 0.457 e. The van der Waals surface area contributed by atoms with E-state index in [0.717, 1.165) is 34.0 Å². The Morgan fingerprint density at radius 1 is 0.423 bits per heavy atom. The minimum absolute atomic E-state index is 0.00537. The van der Waals surface area contributed by atoms with Crippen LogP contribution in [0, 0.1) is 0 Å². The number of ether oxygens (including phenoxy) is 1. The van der Waals surface area contributed by atoms with Crippen molar-refractivity contribution in [1.29, 1.82) is 0 Å². The van der Waals surface area contributed by atoms with E-state index in [1.807, 2.05) is 6.20 Å². The highest BCUT2D eigenvalue weighted by atomic mass is 16.5. The summed E-state index contributed by atoms with van der Waals surface area (Å²) in [5.41, 5.74) is 19.3. The van der Waals surface area contributed by atoms with Crippen molar-refractivity contribution in [3.8, 4) is 28.4 Å². The van der Waals surface area contributed by atoms with Crippen molar-refractivity contribution in [2.24, 2.45) is 0 Å². The van der Waals surface area contributed by atoms with Crippen LogP contribution >= 0.6 is 0 Å². The Morgan fingerprint density at radius 2 is 1.01 bits per heavy atom. The van der Waals surface area contributed by atoms with E-state index in [1.165, 1.54) is 83.5 Å². The summed E-state index contributed by atoms with van der Waals surface area (Å²) in [5, 5.41) is 2.38. The number of benzene rings is 7. The van der Waals surface area contributed by atoms with Gasteiger partial charge in [-0.05, 0) is 162 Å². The zero-order chi connectivity index (χ0) is 56.0. The summed E-state index contributed by atoms with van der Waals surface area (Å²) in [6.45, 7) is 42.2. The van der Waals surface area contributed by atoms with Gasteiger partial charge in [-0.2, -0.15) is 0 Å². The van der Waals surface area contributed by atoms with Crippen LogP contribution < -0.4 is 14.5 Å². The predicted molar refractivity (Wildman–Crippen MR) is 334 cm³/mol. The molecule has 2 aromatic heterocycles. The van der Waals surface area contributed by atoms with Crippen LogP contribution in [-0.4, -0.2) is 16.2 Å². The lowest BCUT2D eigenvalue weighted by Gasteiger charge is -2.32. The Balaban J connectivity index is 1.15. The molecule has 0 unspecified atom stereocenters. The lowest BCUT2D eigenvalue weighted by atomic mass is 9.75. The van der Waals surface area contributed by atoms with Crippen LogP contribution in [0.4, 0.5) is 22.7 Å². The Morgan fingerprint density at radius 3 is 1.64 bits per heavy atom. The first-order valence-electron chi connectivity index (χ1n) is 28.5. The molecule has 0 amide bonds. The number of hydrogen-bond donors (Lipinski definition) is 0. The molecule has 5 nitrogen and oxygen atoms in total. The number of aromatic nitrogens is 2. The molecule has 7 aromatic carbocycles. The molecule has 0 atom stereocenters. The SMILES string of the molecule is CC(C)c1cccc(C(C)C)c1-c1ccc2c(c1)N(c1cc(Oc3ccc4c5cc(C(C)(C)C)ccc5n(-c5cc(C(C)(C)C)ccn5)c4c3)cc(C(C)(C)C)c1)CN2c1cc(C(C)(C)C)cc(C(C)(C)c2ccccc2)c1. The van der Waals surface area contributed by atoms with Crippen molar-refractivity contribution < 1.29 is 4.74 Å². The Labute approximate surface area is 467 Å². The van der Waals surface area contributed by atoms with Gasteiger partial charge in [0, 0.05) is 45.9 Å². The number of rotatable bonds is 10. The highest BCUT2D eigenvalue weighted by Crippen LogP contribution is 2.51. The Bertz CT molecular complexity index is 3690. The van der Waals surface area contributed by atoms with Crippen LogP contribution in [0.25, 0.3) is 38.8 Å². The summed E-state index contributed by atoms with van der Waals surface area (Å²) in [5.74, 6) is 3.20. The Kier molecular flexibility index (Phi) is 13.7. The zero-order valence-corrected chi connectivity index (χ0v) is 50.1. The fourth-order valence-electron chi connectivity index (χ4n) is 11.5. The van der Waals surface area contributed by atoms with Gasteiger partial charge in [-0.25, -0.2) is 4.98 Å². The number of nitrogens with zero attached hydrogens (tertiary/aromatic N) is 4. The molecule has 9 aromatic rings. The number of fused-ring (bicyclic) bond motifs is 4. The van der Waals surface area contributed by atoms with Gasteiger partial charge in [0.2, 0.25) is 0 Å². The van der Waals surface area contributed by atoms with Crippen molar-refractivity contribution in [1.82, 2.24) is 9.55 Å². The van der Waals surface area contributed by atoms with Gasteiger partial charge in [-0.3, -0.25) is 4.57 Å². The fraction of sp³-hybridized carbons (Fsp3) is 0.356. The molecule has 1 aliphatic heterocycles. The predicted octanol–water partition coefficient (Wildman–Crippen LogP) is 20.6. The van der Waals surface area contributed by atoms with Crippen LogP contribution in [0.3, 0.4) is 0 Å². The van der Waals surface area contributed by atoms with Crippen molar-refractivity contribution >= 4 is 44.6 Å². The van der Waals surface area contributed by atoms with Crippen LogP contribution in [0.5, 0.6) is 11.5 Å². The second kappa shape index (κ2) is 19.7. The van der Waals surface area contributed by atoms with Gasteiger partial charge in [0.25, 0.3) is 0 Å². The second-order valence-corrected chi connectivity index (χ2v) is 27.5. The molecule has 3 heterocycles. The van der Waals surface area contributed by atoms with E-state index in [4.69, 9.17) is 9.72 Å². The minimum atomic E-state index is -0.232. The number of anilines is 4. The summed E-state index contributed by atoms with van der Waals surface area (Å²) >= 11 is 0. The molecule has 0 bridgehead atoms. The third-order valence-electron chi connectivity index (χ3n) is 16.6. The maximum atomic E-state index is 7.22. The van der Waals surface area contributed by atoms with Crippen LogP contribution in [-0.2, 0) is 27.1 Å².